The zero-order chi connectivity index (χ0) is 6.69. The fourth-order valence-electron chi connectivity index (χ4n) is 0.389. The van der Waals surface area contributed by atoms with Gasteiger partial charge in [0.05, 0.1) is 18.5 Å². The second-order valence-electron chi connectivity index (χ2n) is 1.37. The van der Waals surface area contributed by atoms with E-state index in [0.29, 0.717) is 10.4 Å². The van der Waals surface area contributed by atoms with Crippen molar-refractivity contribution < 1.29 is 5.11 Å². The molecule has 1 heterocycles. The summed E-state index contributed by atoms with van der Waals surface area (Å²) in [4.78, 5) is 3.78. The van der Waals surface area contributed by atoms with Gasteiger partial charge in [0.1, 0.15) is 0 Å². The van der Waals surface area contributed by atoms with Crippen molar-refractivity contribution in [2.75, 3.05) is 0 Å². The van der Waals surface area contributed by atoms with E-state index in [0.717, 1.165) is 0 Å². The maximum absolute atomic E-state index is 8.51. The van der Waals surface area contributed by atoms with Crippen molar-refractivity contribution in [1.29, 1.82) is 0 Å². The molecule has 9 heavy (non-hydrogen) atoms. The van der Waals surface area contributed by atoms with Crippen molar-refractivity contribution in [3.05, 3.63) is 16.6 Å². The fraction of sp³-hybridized carbons (Fsp3) is 0.250. The average molecular weight is 190 g/mol. The Morgan fingerprint density at radius 2 is 2.44 bits per heavy atom. The molecule has 1 N–H and O–H groups in total. The van der Waals surface area contributed by atoms with Crippen LogP contribution in [-0.4, -0.2) is 20.3 Å². The topological polar surface area (TPSA) is 58.9 Å². The SMILES string of the molecule is OCc1cnnc(Br)n1. The van der Waals surface area contributed by atoms with E-state index in [1.54, 1.807) is 0 Å². The summed E-state index contributed by atoms with van der Waals surface area (Å²) < 4.78 is 0.397. The lowest BCUT2D eigenvalue weighted by atomic mass is 10.5. The Morgan fingerprint density at radius 3 is 2.89 bits per heavy atom. The van der Waals surface area contributed by atoms with Gasteiger partial charge in [-0.2, -0.15) is 5.10 Å². The number of hydrogen-bond donors (Lipinski definition) is 1. The molecule has 0 bridgehead atoms. The van der Waals surface area contributed by atoms with Gasteiger partial charge in [0, 0.05) is 0 Å². The highest BCUT2D eigenvalue weighted by Crippen LogP contribution is 1.98. The van der Waals surface area contributed by atoms with Gasteiger partial charge in [0.2, 0.25) is 4.73 Å². The van der Waals surface area contributed by atoms with Crippen LogP contribution in [-0.2, 0) is 6.61 Å². The molecule has 1 rings (SSSR count). The lowest BCUT2D eigenvalue weighted by molar-refractivity contribution is 0.275. The van der Waals surface area contributed by atoms with Crippen molar-refractivity contribution >= 4 is 15.9 Å². The first-order chi connectivity index (χ1) is 4.33. The molecule has 0 atom stereocenters. The molecule has 0 saturated heterocycles. The van der Waals surface area contributed by atoms with Crippen LogP contribution in [0.1, 0.15) is 5.69 Å². The second kappa shape index (κ2) is 2.84. The summed E-state index contributed by atoms with van der Waals surface area (Å²) in [5.74, 6) is 0. The third-order valence-corrected chi connectivity index (χ3v) is 1.08. The van der Waals surface area contributed by atoms with Crippen LogP contribution < -0.4 is 0 Å². The van der Waals surface area contributed by atoms with Crippen molar-refractivity contribution in [3.8, 4) is 0 Å². The monoisotopic (exact) mass is 189 g/mol. The standard InChI is InChI=1S/C4H4BrN3O/c5-4-7-3(2-9)1-6-8-4/h1,9H,2H2. The first kappa shape index (κ1) is 6.57. The minimum Gasteiger partial charge on any atom is -0.390 e. The summed E-state index contributed by atoms with van der Waals surface area (Å²) in [6.07, 6.45) is 1.41. The van der Waals surface area contributed by atoms with Crippen LogP contribution in [0.5, 0.6) is 0 Å². The smallest absolute Gasteiger partial charge is 0.218 e. The molecule has 0 spiro atoms. The quantitative estimate of drug-likeness (QED) is 0.683. The minimum atomic E-state index is -0.103. The molecular weight excluding hydrogens is 186 g/mol. The van der Waals surface area contributed by atoms with Gasteiger partial charge < -0.3 is 5.11 Å². The largest absolute Gasteiger partial charge is 0.390 e. The third-order valence-electron chi connectivity index (χ3n) is 0.745. The van der Waals surface area contributed by atoms with E-state index in [-0.39, 0.29) is 6.61 Å². The van der Waals surface area contributed by atoms with Gasteiger partial charge in [-0.15, -0.1) is 5.10 Å². The summed E-state index contributed by atoms with van der Waals surface area (Å²) in [6.45, 7) is -0.103. The van der Waals surface area contributed by atoms with Crippen LogP contribution in [0, 0.1) is 0 Å². The predicted molar refractivity (Wildman–Crippen MR) is 33.4 cm³/mol. The molecule has 1 aromatic heterocycles. The van der Waals surface area contributed by atoms with Gasteiger partial charge >= 0.3 is 0 Å². The Hall–Kier alpha value is -0.550. The number of aliphatic hydroxyl groups excluding tert-OH is 1. The Bertz CT molecular complexity index is 205. The van der Waals surface area contributed by atoms with Crippen molar-refractivity contribution in [2.24, 2.45) is 0 Å². The van der Waals surface area contributed by atoms with Crippen LogP contribution >= 0.6 is 15.9 Å². The number of halogens is 1. The molecule has 0 aliphatic rings. The minimum absolute atomic E-state index is 0.103. The summed E-state index contributed by atoms with van der Waals surface area (Å²) in [5.41, 5.74) is 0.511. The van der Waals surface area contributed by atoms with Gasteiger partial charge in [0.25, 0.3) is 0 Å². The van der Waals surface area contributed by atoms with Crippen LogP contribution in [0.4, 0.5) is 0 Å². The maximum atomic E-state index is 8.51. The van der Waals surface area contributed by atoms with Gasteiger partial charge in [0.15, 0.2) is 0 Å². The van der Waals surface area contributed by atoms with Crippen molar-refractivity contribution in [1.82, 2.24) is 15.2 Å². The number of rotatable bonds is 1. The van der Waals surface area contributed by atoms with E-state index < -0.39 is 0 Å². The van der Waals surface area contributed by atoms with E-state index in [4.69, 9.17) is 5.11 Å². The first-order valence-corrected chi connectivity index (χ1v) is 3.07. The van der Waals surface area contributed by atoms with Gasteiger partial charge in [-0.3, -0.25) is 0 Å². The number of aliphatic hydroxyl groups is 1. The van der Waals surface area contributed by atoms with E-state index in [1.165, 1.54) is 6.20 Å². The lowest BCUT2D eigenvalue weighted by Gasteiger charge is -1.90. The molecule has 1 aromatic rings. The molecule has 0 unspecified atom stereocenters. The normalized spacial score (nSPS) is 9.56. The van der Waals surface area contributed by atoms with Crippen molar-refractivity contribution in [3.63, 3.8) is 0 Å². The lowest BCUT2D eigenvalue weighted by Crippen LogP contribution is -1.93. The third kappa shape index (κ3) is 1.69. The fourth-order valence-corrected chi connectivity index (χ4v) is 0.708. The predicted octanol–water partition coefficient (Wildman–Crippen LogP) is 0.126. The van der Waals surface area contributed by atoms with E-state index >= 15 is 0 Å². The molecule has 5 heteroatoms. The summed E-state index contributed by atoms with van der Waals surface area (Å²) in [5, 5.41) is 15.6. The van der Waals surface area contributed by atoms with E-state index in [2.05, 4.69) is 31.1 Å². The molecule has 48 valence electrons. The first-order valence-electron chi connectivity index (χ1n) is 2.28. The highest BCUT2D eigenvalue weighted by Gasteiger charge is 1.92. The Morgan fingerprint density at radius 1 is 1.67 bits per heavy atom. The Kier molecular flexibility index (Phi) is 2.07. The summed E-state index contributed by atoms with van der Waals surface area (Å²) in [7, 11) is 0. The molecule has 0 aliphatic carbocycles. The zero-order valence-corrected chi connectivity index (χ0v) is 6.04. The van der Waals surface area contributed by atoms with Crippen LogP contribution in [0.2, 0.25) is 0 Å². The molecule has 0 fully saturated rings. The van der Waals surface area contributed by atoms with Crippen LogP contribution in [0.3, 0.4) is 0 Å². The Balaban J connectivity index is 2.94. The van der Waals surface area contributed by atoms with Crippen LogP contribution in [0.25, 0.3) is 0 Å². The molecule has 0 saturated carbocycles. The molecule has 0 radical (unpaired) electrons. The number of hydrogen-bond acceptors (Lipinski definition) is 4. The summed E-state index contributed by atoms with van der Waals surface area (Å²) >= 11 is 3.01. The van der Waals surface area contributed by atoms with Gasteiger partial charge in [-0.05, 0) is 15.9 Å². The van der Waals surface area contributed by atoms with Gasteiger partial charge in [-0.25, -0.2) is 4.98 Å². The molecule has 0 aromatic carbocycles. The van der Waals surface area contributed by atoms with Crippen LogP contribution in [0.15, 0.2) is 10.9 Å². The van der Waals surface area contributed by atoms with E-state index in [1.807, 2.05) is 0 Å². The number of aromatic nitrogens is 3. The second-order valence-corrected chi connectivity index (χ2v) is 2.08. The molecule has 0 amide bonds. The highest BCUT2D eigenvalue weighted by atomic mass is 79.9. The zero-order valence-electron chi connectivity index (χ0n) is 4.45. The van der Waals surface area contributed by atoms with E-state index in [9.17, 15) is 0 Å². The maximum Gasteiger partial charge on any atom is 0.218 e. The number of nitrogens with zero attached hydrogens (tertiary/aromatic N) is 3. The molecular formula is C4H4BrN3O. The average Bonchev–Trinajstić information content (AvgIpc) is 1.88. The molecule has 0 aliphatic heterocycles. The van der Waals surface area contributed by atoms with Gasteiger partial charge in [-0.1, -0.05) is 0 Å². The molecule has 4 nitrogen and oxygen atoms in total. The summed E-state index contributed by atoms with van der Waals surface area (Å²) in [6, 6.07) is 0. The highest BCUT2D eigenvalue weighted by molar-refractivity contribution is 9.10. The Labute approximate surface area is 60.1 Å². The van der Waals surface area contributed by atoms with Crippen molar-refractivity contribution in [2.45, 2.75) is 6.61 Å².